The summed E-state index contributed by atoms with van der Waals surface area (Å²) in [6.45, 7) is 2.98. The summed E-state index contributed by atoms with van der Waals surface area (Å²) in [5.74, 6) is -1.21. The highest BCUT2D eigenvalue weighted by molar-refractivity contribution is 5.78. The fourth-order valence-corrected chi connectivity index (χ4v) is 1.12. The SMILES string of the molecule is CC(C)(C(=O)[O-])c1ccc([N+](=O)[O-])cc1. The normalized spacial score (nSPS) is 11.1. The molecular weight excluding hydrogens is 198 g/mol. The van der Waals surface area contributed by atoms with Crippen LogP contribution < -0.4 is 5.11 Å². The van der Waals surface area contributed by atoms with Crippen molar-refractivity contribution in [1.82, 2.24) is 0 Å². The molecule has 80 valence electrons. The standard InChI is InChI=1S/C10H11NO4/c1-10(2,9(12)13)7-3-5-8(6-4-7)11(14)15/h3-6H,1-2H3,(H,12,13)/p-1. The van der Waals surface area contributed by atoms with Crippen molar-refractivity contribution in [2.24, 2.45) is 0 Å². The molecule has 0 amide bonds. The minimum atomic E-state index is -1.21. The first-order valence-corrected chi connectivity index (χ1v) is 4.32. The van der Waals surface area contributed by atoms with Gasteiger partial charge in [-0.15, -0.1) is 0 Å². The maximum Gasteiger partial charge on any atom is 0.269 e. The molecular formula is C10H10NO4-. The molecule has 0 heterocycles. The number of carboxylic acid groups (broad SMARTS) is 1. The van der Waals surface area contributed by atoms with Crippen LogP contribution in [0.4, 0.5) is 5.69 Å². The van der Waals surface area contributed by atoms with Gasteiger partial charge in [0, 0.05) is 17.5 Å². The lowest BCUT2D eigenvalue weighted by Gasteiger charge is -2.26. The van der Waals surface area contributed by atoms with Gasteiger partial charge in [0.1, 0.15) is 0 Å². The van der Waals surface area contributed by atoms with Gasteiger partial charge in [0.05, 0.1) is 10.9 Å². The van der Waals surface area contributed by atoms with Crippen LogP contribution in [-0.4, -0.2) is 10.9 Å². The average molecular weight is 208 g/mol. The summed E-state index contributed by atoms with van der Waals surface area (Å²) >= 11 is 0. The third-order valence-corrected chi connectivity index (χ3v) is 2.31. The van der Waals surface area contributed by atoms with Crippen LogP contribution in [0.25, 0.3) is 0 Å². The van der Waals surface area contributed by atoms with E-state index in [2.05, 4.69) is 0 Å². The van der Waals surface area contributed by atoms with Crippen molar-refractivity contribution < 1.29 is 14.8 Å². The third kappa shape index (κ3) is 2.12. The van der Waals surface area contributed by atoms with Gasteiger partial charge in [-0.05, 0) is 5.56 Å². The van der Waals surface area contributed by atoms with E-state index in [9.17, 15) is 20.0 Å². The van der Waals surface area contributed by atoms with Gasteiger partial charge in [0.15, 0.2) is 0 Å². The Balaban J connectivity index is 3.09. The largest absolute Gasteiger partial charge is 0.549 e. The van der Waals surface area contributed by atoms with E-state index in [0.717, 1.165) is 0 Å². The number of carboxylic acids is 1. The number of benzene rings is 1. The molecule has 0 N–H and O–H groups in total. The number of hydrogen-bond donors (Lipinski definition) is 0. The number of carbonyl (C=O) groups is 1. The maximum atomic E-state index is 10.8. The van der Waals surface area contributed by atoms with Crippen LogP contribution in [0.3, 0.4) is 0 Å². The molecule has 1 aromatic rings. The Bertz CT molecular complexity index is 394. The van der Waals surface area contributed by atoms with E-state index in [4.69, 9.17) is 0 Å². The number of rotatable bonds is 3. The van der Waals surface area contributed by atoms with Gasteiger partial charge < -0.3 is 9.90 Å². The fraction of sp³-hybridized carbons (Fsp3) is 0.300. The van der Waals surface area contributed by atoms with Crippen LogP contribution in [0.15, 0.2) is 24.3 Å². The molecule has 5 nitrogen and oxygen atoms in total. The molecule has 0 bridgehead atoms. The number of nitro benzene ring substituents is 1. The molecule has 1 aromatic carbocycles. The molecule has 0 aliphatic carbocycles. The zero-order chi connectivity index (χ0) is 11.6. The lowest BCUT2D eigenvalue weighted by Crippen LogP contribution is -2.41. The van der Waals surface area contributed by atoms with E-state index in [1.807, 2.05) is 0 Å². The molecule has 0 aromatic heterocycles. The summed E-state index contributed by atoms with van der Waals surface area (Å²) in [6.07, 6.45) is 0. The summed E-state index contributed by atoms with van der Waals surface area (Å²) in [7, 11) is 0. The second-order valence-electron chi connectivity index (χ2n) is 3.72. The summed E-state index contributed by atoms with van der Waals surface area (Å²) in [5, 5.41) is 21.2. The van der Waals surface area contributed by atoms with Crippen LogP contribution in [0.1, 0.15) is 19.4 Å². The summed E-state index contributed by atoms with van der Waals surface area (Å²) in [5.41, 5.74) is -0.726. The van der Waals surface area contributed by atoms with Crippen molar-refractivity contribution in [2.45, 2.75) is 19.3 Å². The second kappa shape index (κ2) is 3.68. The van der Waals surface area contributed by atoms with Crippen molar-refractivity contribution in [1.29, 1.82) is 0 Å². The van der Waals surface area contributed by atoms with E-state index in [0.29, 0.717) is 5.56 Å². The van der Waals surface area contributed by atoms with Crippen LogP contribution in [0, 0.1) is 10.1 Å². The lowest BCUT2D eigenvalue weighted by molar-refractivity contribution is -0.384. The minimum absolute atomic E-state index is 0.0621. The minimum Gasteiger partial charge on any atom is -0.549 e. The van der Waals surface area contributed by atoms with Crippen LogP contribution in [0.2, 0.25) is 0 Å². The highest BCUT2D eigenvalue weighted by Gasteiger charge is 2.22. The highest BCUT2D eigenvalue weighted by atomic mass is 16.6. The number of hydrogen-bond acceptors (Lipinski definition) is 4. The van der Waals surface area contributed by atoms with Crippen molar-refractivity contribution >= 4 is 11.7 Å². The van der Waals surface area contributed by atoms with Crippen molar-refractivity contribution in [3.05, 3.63) is 39.9 Å². The van der Waals surface area contributed by atoms with Crippen LogP contribution in [0.5, 0.6) is 0 Å². The van der Waals surface area contributed by atoms with Gasteiger partial charge in [-0.1, -0.05) is 26.0 Å². The Kier molecular flexibility index (Phi) is 2.74. The number of nitro groups is 1. The molecule has 1 rings (SSSR count). The van der Waals surface area contributed by atoms with Crippen LogP contribution >= 0.6 is 0 Å². The van der Waals surface area contributed by atoms with E-state index in [1.54, 1.807) is 0 Å². The molecule has 0 aliphatic rings. The summed E-state index contributed by atoms with van der Waals surface area (Å²) < 4.78 is 0. The van der Waals surface area contributed by atoms with E-state index in [1.165, 1.54) is 38.1 Å². The smallest absolute Gasteiger partial charge is 0.269 e. The first kappa shape index (κ1) is 11.2. The van der Waals surface area contributed by atoms with Crippen molar-refractivity contribution in [3.8, 4) is 0 Å². The zero-order valence-electron chi connectivity index (χ0n) is 8.39. The zero-order valence-corrected chi connectivity index (χ0v) is 8.39. The molecule has 0 radical (unpaired) electrons. The quantitative estimate of drug-likeness (QED) is 0.538. The molecule has 0 aliphatic heterocycles. The Hall–Kier alpha value is -1.91. The first-order valence-electron chi connectivity index (χ1n) is 4.32. The fourth-order valence-electron chi connectivity index (χ4n) is 1.12. The van der Waals surface area contributed by atoms with Crippen molar-refractivity contribution in [3.63, 3.8) is 0 Å². The highest BCUT2D eigenvalue weighted by Crippen LogP contribution is 2.24. The number of carbonyl (C=O) groups excluding carboxylic acids is 1. The molecule has 0 saturated carbocycles. The lowest BCUT2D eigenvalue weighted by atomic mass is 9.85. The number of aliphatic carboxylic acids is 1. The molecule has 0 unspecified atom stereocenters. The first-order chi connectivity index (χ1) is 6.85. The van der Waals surface area contributed by atoms with Gasteiger partial charge in [-0.25, -0.2) is 0 Å². The molecule has 0 saturated heterocycles. The Morgan fingerprint density at radius 3 is 2.07 bits per heavy atom. The van der Waals surface area contributed by atoms with E-state index in [-0.39, 0.29) is 5.69 Å². The van der Waals surface area contributed by atoms with Gasteiger partial charge >= 0.3 is 0 Å². The summed E-state index contributed by atoms with van der Waals surface area (Å²) in [6, 6.07) is 5.40. The van der Waals surface area contributed by atoms with Gasteiger partial charge in [-0.3, -0.25) is 10.1 Å². The molecule has 5 heteroatoms. The van der Waals surface area contributed by atoms with E-state index >= 15 is 0 Å². The van der Waals surface area contributed by atoms with Crippen molar-refractivity contribution in [2.75, 3.05) is 0 Å². The van der Waals surface area contributed by atoms with Gasteiger partial charge in [0.25, 0.3) is 5.69 Å². The predicted octanol–water partition coefficient (Wildman–Crippen LogP) is 0.622. The third-order valence-electron chi connectivity index (χ3n) is 2.31. The number of nitrogens with zero attached hydrogens (tertiary/aromatic N) is 1. The molecule has 0 atom stereocenters. The number of non-ortho nitro benzene ring substituents is 1. The average Bonchev–Trinajstić information content (AvgIpc) is 2.17. The molecule has 0 fully saturated rings. The Labute approximate surface area is 86.5 Å². The van der Waals surface area contributed by atoms with Gasteiger partial charge in [-0.2, -0.15) is 0 Å². The molecule has 0 spiro atoms. The van der Waals surface area contributed by atoms with E-state index < -0.39 is 16.3 Å². The molecule has 15 heavy (non-hydrogen) atoms. The predicted molar refractivity (Wildman–Crippen MR) is 51.1 cm³/mol. The monoisotopic (exact) mass is 208 g/mol. The van der Waals surface area contributed by atoms with Crippen LogP contribution in [-0.2, 0) is 10.2 Å². The Morgan fingerprint density at radius 2 is 1.73 bits per heavy atom. The van der Waals surface area contributed by atoms with Gasteiger partial charge in [0.2, 0.25) is 0 Å². The topological polar surface area (TPSA) is 83.3 Å². The maximum absolute atomic E-state index is 10.8. The Morgan fingerprint density at radius 1 is 1.27 bits per heavy atom. The second-order valence-corrected chi connectivity index (χ2v) is 3.72. The summed E-state index contributed by atoms with van der Waals surface area (Å²) in [4.78, 5) is 20.6.